The maximum absolute atomic E-state index is 5.78. The molecule has 0 amide bonds. The van der Waals surface area contributed by atoms with Gasteiger partial charge in [0.2, 0.25) is 0 Å². The fraction of sp³-hybridized carbons (Fsp3) is 0.231. The summed E-state index contributed by atoms with van der Waals surface area (Å²) in [6, 6.07) is 7.55. The molecule has 106 valence electrons. The Morgan fingerprint density at radius 3 is 2.75 bits per heavy atom. The van der Waals surface area contributed by atoms with Crippen LogP contribution in [0.2, 0.25) is 5.02 Å². The molecule has 1 aromatic heterocycles. The smallest absolute Gasteiger partial charge is 0.170 e. The first-order valence-electron chi connectivity index (χ1n) is 6.04. The zero-order chi connectivity index (χ0) is 14.4. The van der Waals surface area contributed by atoms with Gasteiger partial charge in [0.25, 0.3) is 0 Å². The molecule has 5 nitrogen and oxygen atoms in total. The molecule has 0 spiro atoms. The van der Waals surface area contributed by atoms with Crippen LogP contribution in [0.15, 0.2) is 36.7 Å². The van der Waals surface area contributed by atoms with Crippen LogP contribution in [0, 0.1) is 0 Å². The first kappa shape index (κ1) is 14.6. The quantitative estimate of drug-likeness (QED) is 0.831. The molecule has 2 N–H and O–H groups in total. The molecule has 0 fully saturated rings. The third kappa shape index (κ3) is 4.40. The molecule has 0 aliphatic carbocycles. The van der Waals surface area contributed by atoms with Gasteiger partial charge >= 0.3 is 0 Å². The average Bonchev–Trinajstić information content (AvgIpc) is 2.85. The number of aromatic nitrogens is 2. The highest BCUT2D eigenvalue weighted by Crippen LogP contribution is 2.14. The summed E-state index contributed by atoms with van der Waals surface area (Å²) in [4.78, 5) is 0. The van der Waals surface area contributed by atoms with E-state index in [2.05, 4.69) is 15.7 Å². The number of hydrogen-bond donors (Lipinski definition) is 2. The van der Waals surface area contributed by atoms with Crippen LogP contribution in [0.25, 0.3) is 0 Å². The topological polar surface area (TPSA) is 51.1 Å². The normalized spacial score (nSPS) is 10.1. The lowest BCUT2D eigenvalue weighted by atomic mass is 10.3. The number of nitrogens with one attached hydrogen (secondary N) is 2. The molecule has 1 aromatic carbocycles. The first-order chi connectivity index (χ1) is 9.67. The molecule has 1 heterocycles. The van der Waals surface area contributed by atoms with Crippen molar-refractivity contribution < 1.29 is 4.74 Å². The molecule has 0 radical (unpaired) electrons. The Kier molecular flexibility index (Phi) is 5.20. The number of benzene rings is 1. The predicted molar refractivity (Wildman–Crippen MR) is 84.5 cm³/mol. The average molecular weight is 311 g/mol. The molecule has 2 aromatic rings. The Bertz CT molecular complexity index is 570. The Morgan fingerprint density at radius 1 is 1.40 bits per heavy atom. The summed E-state index contributed by atoms with van der Waals surface area (Å²) in [5.74, 6) is 0.810. The number of halogens is 1. The van der Waals surface area contributed by atoms with Crippen LogP contribution in [0.4, 0.5) is 5.69 Å². The lowest BCUT2D eigenvalue weighted by Crippen LogP contribution is -2.31. The highest BCUT2D eigenvalue weighted by molar-refractivity contribution is 7.80. The summed E-state index contributed by atoms with van der Waals surface area (Å²) < 4.78 is 6.85. The number of methoxy groups -OCH3 is 1. The van der Waals surface area contributed by atoms with E-state index in [4.69, 9.17) is 28.6 Å². The van der Waals surface area contributed by atoms with Crippen molar-refractivity contribution in [2.24, 2.45) is 0 Å². The number of anilines is 1. The summed E-state index contributed by atoms with van der Waals surface area (Å²) in [7, 11) is 1.64. The van der Waals surface area contributed by atoms with Crippen LogP contribution in [-0.4, -0.2) is 28.5 Å². The second kappa shape index (κ2) is 7.12. The van der Waals surface area contributed by atoms with Gasteiger partial charge in [0, 0.05) is 18.4 Å². The van der Waals surface area contributed by atoms with Crippen LogP contribution >= 0.6 is 23.8 Å². The van der Waals surface area contributed by atoms with E-state index >= 15 is 0 Å². The molecule has 0 saturated carbocycles. The SMILES string of the molecule is COc1ccc(NC(=S)NCCn2cc(Cl)cn2)cc1. The zero-order valence-electron chi connectivity index (χ0n) is 11.0. The fourth-order valence-corrected chi connectivity index (χ4v) is 1.97. The number of hydrogen-bond acceptors (Lipinski definition) is 3. The minimum absolute atomic E-state index is 0.563. The van der Waals surface area contributed by atoms with Gasteiger partial charge in [0.05, 0.1) is 24.9 Å². The molecular weight excluding hydrogens is 296 g/mol. The third-order valence-corrected chi connectivity index (χ3v) is 3.02. The maximum atomic E-state index is 5.78. The molecule has 0 bridgehead atoms. The standard InChI is InChI=1S/C13H15ClN4OS/c1-19-12-4-2-11(3-5-12)17-13(20)15-6-7-18-9-10(14)8-16-18/h2-5,8-9H,6-7H2,1H3,(H2,15,17,20). The van der Waals surface area contributed by atoms with Gasteiger partial charge < -0.3 is 15.4 Å². The molecule has 0 saturated heterocycles. The van der Waals surface area contributed by atoms with Gasteiger partial charge in [-0.25, -0.2) is 0 Å². The van der Waals surface area contributed by atoms with Gasteiger partial charge in [-0.05, 0) is 36.5 Å². The van der Waals surface area contributed by atoms with Crippen molar-refractivity contribution in [1.82, 2.24) is 15.1 Å². The summed E-state index contributed by atoms with van der Waals surface area (Å²) in [5.41, 5.74) is 0.908. The predicted octanol–water partition coefficient (Wildman–Crippen LogP) is 2.53. The van der Waals surface area contributed by atoms with Crippen molar-refractivity contribution in [2.75, 3.05) is 19.0 Å². The number of thiocarbonyl (C=S) groups is 1. The molecule has 0 aliphatic heterocycles. The van der Waals surface area contributed by atoms with Gasteiger partial charge in [0.1, 0.15) is 5.75 Å². The summed E-state index contributed by atoms with van der Waals surface area (Å²) in [6.07, 6.45) is 3.37. The highest BCUT2D eigenvalue weighted by atomic mass is 35.5. The van der Waals surface area contributed by atoms with Gasteiger partial charge in [-0.2, -0.15) is 5.10 Å². The van der Waals surface area contributed by atoms with E-state index in [1.165, 1.54) is 0 Å². The molecule has 0 unspecified atom stereocenters. The van der Waals surface area contributed by atoms with Gasteiger partial charge in [0.15, 0.2) is 5.11 Å². The Labute approximate surface area is 127 Å². The summed E-state index contributed by atoms with van der Waals surface area (Å²) in [6.45, 7) is 1.36. The monoisotopic (exact) mass is 310 g/mol. The van der Waals surface area contributed by atoms with Crippen molar-refractivity contribution in [1.29, 1.82) is 0 Å². The van der Waals surface area contributed by atoms with Crippen LogP contribution in [0.1, 0.15) is 0 Å². The van der Waals surface area contributed by atoms with Gasteiger partial charge in [-0.3, -0.25) is 4.68 Å². The van der Waals surface area contributed by atoms with Crippen molar-refractivity contribution in [2.45, 2.75) is 6.54 Å². The summed E-state index contributed by atoms with van der Waals surface area (Å²) in [5, 5.41) is 11.5. The van der Waals surface area contributed by atoms with Crippen LogP contribution in [-0.2, 0) is 6.54 Å². The van der Waals surface area contributed by atoms with Crippen LogP contribution < -0.4 is 15.4 Å². The molecule has 0 aliphatic rings. The van der Waals surface area contributed by atoms with Crippen molar-refractivity contribution in [3.63, 3.8) is 0 Å². The Balaban J connectivity index is 1.74. The molecular formula is C13H15ClN4OS. The second-order valence-electron chi connectivity index (χ2n) is 4.03. The van der Waals surface area contributed by atoms with E-state index in [0.29, 0.717) is 23.2 Å². The van der Waals surface area contributed by atoms with Gasteiger partial charge in [-0.1, -0.05) is 11.6 Å². The van der Waals surface area contributed by atoms with Crippen LogP contribution in [0.3, 0.4) is 0 Å². The zero-order valence-corrected chi connectivity index (χ0v) is 12.5. The van der Waals surface area contributed by atoms with E-state index in [1.54, 1.807) is 24.2 Å². The van der Waals surface area contributed by atoms with Crippen molar-refractivity contribution in [3.05, 3.63) is 41.7 Å². The van der Waals surface area contributed by atoms with Gasteiger partial charge in [-0.15, -0.1) is 0 Å². The number of rotatable bonds is 5. The lowest BCUT2D eigenvalue weighted by Gasteiger charge is -2.11. The van der Waals surface area contributed by atoms with Crippen molar-refractivity contribution >= 4 is 34.6 Å². The first-order valence-corrected chi connectivity index (χ1v) is 6.83. The fourth-order valence-electron chi connectivity index (χ4n) is 1.59. The molecule has 7 heteroatoms. The molecule has 2 rings (SSSR count). The Hall–Kier alpha value is -1.79. The number of ether oxygens (including phenoxy) is 1. The van der Waals surface area contributed by atoms with E-state index in [-0.39, 0.29) is 0 Å². The van der Waals surface area contributed by atoms with Crippen LogP contribution in [0.5, 0.6) is 5.75 Å². The van der Waals surface area contributed by atoms with E-state index in [9.17, 15) is 0 Å². The lowest BCUT2D eigenvalue weighted by molar-refractivity contribution is 0.415. The third-order valence-electron chi connectivity index (χ3n) is 2.58. The second-order valence-corrected chi connectivity index (χ2v) is 4.88. The molecule has 0 atom stereocenters. The largest absolute Gasteiger partial charge is 0.497 e. The van der Waals surface area contributed by atoms with Crippen molar-refractivity contribution in [3.8, 4) is 5.75 Å². The Morgan fingerprint density at radius 2 is 2.15 bits per heavy atom. The number of nitrogens with zero attached hydrogens (tertiary/aromatic N) is 2. The van der Waals surface area contributed by atoms with E-state index < -0.39 is 0 Å². The summed E-state index contributed by atoms with van der Waals surface area (Å²) >= 11 is 11.0. The highest BCUT2D eigenvalue weighted by Gasteiger charge is 1.99. The van der Waals surface area contributed by atoms with E-state index in [0.717, 1.165) is 11.4 Å². The maximum Gasteiger partial charge on any atom is 0.170 e. The minimum Gasteiger partial charge on any atom is -0.497 e. The molecule has 20 heavy (non-hydrogen) atoms. The van der Waals surface area contributed by atoms with E-state index in [1.807, 2.05) is 24.3 Å². The minimum atomic E-state index is 0.563.